The molecular formula is C24H30N6O2. The van der Waals surface area contributed by atoms with E-state index in [1.165, 1.54) is 0 Å². The number of aliphatic imine (C=N–C) groups is 1. The molecule has 1 aromatic heterocycles. The van der Waals surface area contributed by atoms with Crippen LogP contribution in [0.2, 0.25) is 0 Å². The summed E-state index contributed by atoms with van der Waals surface area (Å²) in [6.07, 6.45) is 3.26. The highest BCUT2D eigenvalue weighted by Gasteiger charge is 2.07. The van der Waals surface area contributed by atoms with Crippen molar-refractivity contribution in [1.29, 1.82) is 0 Å². The molecule has 0 unspecified atom stereocenters. The molecule has 0 radical (unpaired) electrons. The van der Waals surface area contributed by atoms with Crippen molar-refractivity contribution in [3.63, 3.8) is 0 Å². The van der Waals surface area contributed by atoms with Crippen LogP contribution in [0.5, 0.6) is 11.5 Å². The SMILES string of the molecule is CNCCCOc1cccc(-c2cc(-c3cccc(OCCCN=C(N)N)c3)ncn2)c1. The zero-order chi connectivity index (χ0) is 22.6. The van der Waals surface area contributed by atoms with Crippen molar-refractivity contribution in [2.45, 2.75) is 12.8 Å². The minimum absolute atomic E-state index is 0.0949. The summed E-state index contributed by atoms with van der Waals surface area (Å²) >= 11 is 0. The van der Waals surface area contributed by atoms with Crippen LogP contribution in [0, 0.1) is 0 Å². The third kappa shape index (κ3) is 7.24. The molecule has 8 heteroatoms. The van der Waals surface area contributed by atoms with E-state index in [4.69, 9.17) is 20.9 Å². The molecule has 32 heavy (non-hydrogen) atoms. The van der Waals surface area contributed by atoms with E-state index < -0.39 is 0 Å². The minimum atomic E-state index is 0.0949. The fraction of sp³-hybridized carbons (Fsp3) is 0.292. The number of nitrogens with two attached hydrogens (primary N) is 2. The maximum absolute atomic E-state index is 5.85. The van der Waals surface area contributed by atoms with Gasteiger partial charge in [0.2, 0.25) is 0 Å². The normalized spacial score (nSPS) is 10.5. The fourth-order valence-electron chi connectivity index (χ4n) is 3.07. The lowest BCUT2D eigenvalue weighted by atomic mass is 10.1. The van der Waals surface area contributed by atoms with E-state index in [1.54, 1.807) is 6.33 Å². The molecule has 3 rings (SSSR count). The first-order valence-corrected chi connectivity index (χ1v) is 10.6. The Morgan fingerprint density at radius 3 is 2.03 bits per heavy atom. The molecule has 0 saturated heterocycles. The quantitative estimate of drug-likeness (QED) is 0.228. The molecular weight excluding hydrogens is 404 g/mol. The van der Waals surface area contributed by atoms with Crippen LogP contribution in [0.3, 0.4) is 0 Å². The van der Waals surface area contributed by atoms with E-state index in [-0.39, 0.29) is 5.96 Å². The number of guanidine groups is 1. The topological polar surface area (TPSA) is 121 Å². The fourth-order valence-corrected chi connectivity index (χ4v) is 3.07. The summed E-state index contributed by atoms with van der Waals surface area (Å²) in [5.41, 5.74) is 14.2. The van der Waals surface area contributed by atoms with E-state index >= 15 is 0 Å². The second-order valence-electron chi connectivity index (χ2n) is 7.16. The van der Waals surface area contributed by atoms with E-state index in [0.29, 0.717) is 19.8 Å². The molecule has 0 bridgehead atoms. The van der Waals surface area contributed by atoms with Crippen LogP contribution in [0.4, 0.5) is 0 Å². The van der Waals surface area contributed by atoms with Crippen LogP contribution in [0.15, 0.2) is 65.9 Å². The predicted molar refractivity (Wildman–Crippen MR) is 128 cm³/mol. The smallest absolute Gasteiger partial charge is 0.185 e. The van der Waals surface area contributed by atoms with E-state index in [2.05, 4.69) is 20.3 Å². The Bertz CT molecular complexity index is 1020. The van der Waals surface area contributed by atoms with E-state index in [9.17, 15) is 0 Å². The molecule has 5 N–H and O–H groups in total. The van der Waals surface area contributed by atoms with Crippen LogP contribution in [0.1, 0.15) is 12.8 Å². The van der Waals surface area contributed by atoms with Crippen molar-refractivity contribution in [1.82, 2.24) is 15.3 Å². The van der Waals surface area contributed by atoms with Gasteiger partial charge in [0.15, 0.2) is 5.96 Å². The molecule has 3 aromatic rings. The van der Waals surface area contributed by atoms with Crippen LogP contribution >= 0.6 is 0 Å². The zero-order valence-corrected chi connectivity index (χ0v) is 18.3. The summed E-state index contributed by atoms with van der Waals surface area (Å²) in [4.78, 5) is 12.9. The number of aromatic nitrogens is 2. The van der Waals surface area contributed by atoms with Gasteiger partial charge in [-0.15, -0.1) is 0 Å². The average Bonchev–Trinajstić information content (AvgIpc) is 2.82. The molecule has 168 valence electrons. The third-order valence-corrected chi connectivity index (χ3v) is 4.63. The van der Waals surface area contributed by atoms with Gasteiger partial charge in [0.25, 0.3) is 0 Å². The number of hydrogen-bond donors (Lipinski definition) is 3. The van der Waals surface area contributed by atoms with Gasteiger partial charge in [-0.25, -0.2) is 9.97 Å². The first-order chi connectivity index (χ1) is 15.7. The molecule has 0 amide bonds. The highest BCUT2D eigenvalue weighted by atomic mass is 16.5. The lowest BCUT2D eigenvalue weighted by molar-refractivity contribution is 0.310. The van der Waals surface area contributed by atoms with Crippen LogP contribution in [0.25, 0.3) is 22.5 Å². The molecule has 8 nitrogen and oxygen atoms in total. The molecule has 0 fully saturated rings. The molecule has 1 heterocycles. The summed E-state index contributed by atoms with van der Waals surface area (Å²) in [7, 11) is 1.93. The number of nitrogens with one attached hydrogen (secondary N) is 1. The van der Waals surface area contributed by atoms with Gasteiger partial charge in [-0.1, -0.05) is 24.3 Å². The van der Waals surface area contributed by atoms with Crippen molar-refractivity contribution in [2.24, 2.45) is 16.5 Å². The van der Waals surface area contributed by atoms with E-state index in [0.717, 1.165) is 53.4 Å². The lowest BCUT2D eigenvalue weighted by Gasteiger charge is -2.10. The maximum atomic E-state index is 5.85. The Hall–Kier alpha value is -3.65. The summed E-state index contributed by atoms with van der Waals surface area (Å²) < 4.78 is 11.7. The average molecular weight is 435 g/mol. The number of nitrogens with zero attached hydrogens (tertiary/aromatic N) is 3. The number of benzene rings is 2. The Morgan fingerprint density at radius 1 is 0.875 bits per heavy atom. The Labute approximate surface area is 188 Å². The maximum Gasteiger partial charge on any atom is 0.185 e. The van der Waals surface area contributed by atoms with Gasteiger partial charge in [0.1, 0.15) is 17.8 Å². The first-order valence-electron chi connectivity index (χ1n) is 10.6. The summed E-state index contributed by atoms with van der Waals surface area (Å²) in [5.74, 6) is 1.69. The van der Waals surface area contributed by atoms with Gasteiger partial charge in [-0.2, -0.15) is 0 Å². The predicted octanol–water partition coefficient (Wildman–Crippen LogP) is 2.84. The number of rotatable bonds is 12. The Kier molecular flexibility index (Phi) is 8.82. The lowest BCUT2D eigenvalue weighted by Crippen LogP contribution is -2.23. The Morgan fingerprint density at radius 2 is 1.47 bits per heavy atom. The highest BCUT2D eigenvalue weighted by Crippen LogP contribution is 2.27. The second-order valence-corrected chi connectivity index (χ2v) is 7.16. The number of hydrogen-bond acceptors (Lipinski definition) is 6. The van der Waals surface area contributed by atoms with Crippen molar-refractivity contribution >= 4 is 5.96 Å². The largest absolute Gasteiger partial charge is 0.494 e. The van der Waals surface area contributed by atoms with Crippen LogP contribution in [-0.4, -0.2) is 49.3 Å². The molecule has 0 atom stereocenters. The van der Waals surface area contributed by atoms with Crippen molar-refractivity contribution in [2.75, 3.05) is 33.4 Å². The molecule has 2 aromatic carbocycles. The molecule has 0 aliphatic rings. The van der Waals surface area contributed by atoms with Gasteiger partial charge >= 0.3 is 0 Å². The first kappa shape index (κ1) is 23.0. The van der Waals surface area contributed by atoms with Crippen LogP contribution < -0.4 is 26.3 Å². The molecule has 0 saturated carbocycles. The Balaban J connectivity index is 1.68. The van der Waals surface area contributed by atoms with Crippen LogP contribution in [-0.2, 0) is 0 Å². The molecule has 0 spiro atoms. The van der Waals surface area contributed by atoms with Gasteiger partial charge < -0.3 is 26.3 Å². The van der Waals surface area contributed by atoms with Gasteiger partial charge in [0.05, 0.1) is 24.6 Å². The van der Waals surface area contributed by atoms with Gasteiger partial charge in [0, 0.05) is 24.1 Å². The molecule has 0 aliphatic heterocycles. The van der Waals surface area contributed by atoms with Crippen molar-refractivity contribution in [3.8, 4) is 34.0 Å². The molecule has 0 aliphatic carbocycles. The summed E-state index contributed by atoms with van der Waals surface area (Å²) in [5, 5.41) is 3.12. The van der Waals surface area contributed by atoms with E-state index in [1.807, 2.05) is 61.6 Å². The third-order valence-electron chi connectivity index (χ3n) is 4.63. The van der Waals surface area contributed by atoms with Gasteiger partial charge in [-0.3, -0.25) is 4.99 Å². The zero-order valence-electron chi connectivity index (χ0n) is 18.3. The minimum Gasteiger partial charge on any atom is -0.494 e. The van der Waals surface area contributed by atoms with Gasteiger partial charge in [-0.05, 0) is 50.3 Å². The van der Waals surface area contributed by atoms with Crippen molar-refractivity contribution in [3.05, 3.63) is 60.9 Å². The highest BCUT2D eigenvalue weighted by molar-refractivity contribution is 5.75. The standard InChI is InChI=1S/C24H30N6O2/c1-27-10-4-12-31-20-8-2-6-18(14-20)22-16-23(30-17-29-22)19-7-3-9-21(15-19)32-13-5-11-28-24(25)26/h2-3,6-9,14-17,27H,4-5,10-13H2,1H3,(H4,25,26,28). The van der Waals surface area contributed by atoms with Crippen molar-refractivity contribution < 1.29 is 9.47 Å². The second kappa shape index (κ2) is 12.3. The number of ether oxygens (including phenoxy) is 2. The summed E-state index contributed by atoms with van der Waals surface area (Å²) in [6, 6.07) is 17.7. The summed E-state index contributed by atoms with van der Waals surface area (Å²) in [6.45, 7) is 2.65. The monoisotopic (exact) mass is 434 g/mol.